The first-order valence-corrected chi connectivity index (χ1v) is 9.25. The molecule has 2 aromatic rings. The molecule has 0 aliphatic heterocycles. The average Bonchev–Trinajstić information content (AvgIpc) is 2.98. The minimum Gasteiger partial charge on any atom is -0.389 e. The molecule has 3 rings (SSSR count). The minimum absolute atomic E-state index is 0.0432. The van der Waals surface area contributed by atoms with E-state index in [2.05, 4.69) is 4.98 Å². The molecule has 1 aliphatic carbocycles. The van der Waals surface area contributed by atoms with Crippen LogP contribution >= 0.6 is 0 Å². The molecule has 26 heavy (non-hydrogen) atoms. The molecule has 1 heterocycles. The maximum Gasteiger partial charge on any atom is 0.246 e. The Balaban J connectivity index is 1.74. The fourth-order valence-electron chi connectivity index (χ4n) is 3.78. The van der Waals surface area contributed by atoms with Crippen molar-refractivity contribution in [2.75, 3.05) is 7.05 Å². The highest BCUT2D eigenvalue weighted by molar-refractivity contribution is 5.91. The Morgan fingerprint density at radius 1 is 1.27 bits per heavy atom. The van der Waals surface area contributed by atoms with Gasteiger partial charge in [-0.25, -0.2) is 4.98 Å². The minimum atomic E-state index is -0.607. The quantitative estimate of drug-likeness (QED) is 0.678. The van der Waals surface area contributed by atoms with E-state index in [1.54, 1.807) is 24.2 Å². The number of aromatic nitrogens is 2. The zero-order valence-electron chi connectivity index (χ0n) is 15.5. The molecule has 1 saturated carbocycles. The van der Waals surface area contributed by atoms with Gasteiger partial charge in [0.2, 0.25) is 5.91 Å². The van der Waals surface area contributed by atoms with Gasteiger partial charge in [-0.15, -0.1) is 0 Å². The highest BCUT2D eigenvalue weighted by Gasteiger charge is 2.35. The Kier molecular flexibility index (Phi) is 5.89. The van der Waals surface area contributed by atoms with Crippen molar-refractivity contribution in [3.8, 4) is 0 Å². The van der Waals surface area contributed by atoms with Gasteiger partial charge in [-0.1, -0.05) is 43.2 Å². The highest BCUT2D eigenvalue weighted by Crippen LogP contribution is 2.31. The number of carbonyl (C=O) groups excluding carboxylic acids is 1. The Bertz CT molecular complexity index is 754. The van der Waals surface area contributed by atoms with Gasteiger partial charge < -0.3 is 14.6 Å². The summed E-state index contributed by atoms with van der Waals surface area (Å²) in [4.78, 5) is 18.6. The standard InChI is InChI=1S/C21H27N3O2/c1-16-22-14-15-24(16)19-11-7-6-10-18(21(19)26)23(2)20(25)13-12-17-8-4-3-5-9-17/h3-5,8-9,12-15,18-19,21,26H,6-7,10-11H2,1-2H3/b13-12+/t18-,19-,21-/m1/s1. The Hall–Kier alpha value is -2.40. The summed E-state index contributed by atoms with van der Waals surface area (Å²) in [5, 5.41) is 11.0. The number of hydrogen-bond donors (Lipinski definition) is 1. The van der Waals surface area contributed by atoms with E-state index in [0.717, 1.165) is 37.1 Å². The van der Waals surface area contributed by atoms with E-state index in [0.29, 0.717) is 0 Å². The van der Waals surface area contributed by atoms with Crippen LogP contribution in [0.1, 0.15) is 43.1 Å². The van der Waals surface area contributed by atoms with Crippen LogP contribution in [0, 0.1) is 6.92 Å². The van der Waals surface area contributed by atoms with Crippen molar-refractivity contribution in [1.82, 2.24) is 14.5 Å². The van der Waals surface area contributed by atoms with E-state index in [4.69, 9.17) is 0 Å². The lowest BCUT2D eigenvalue weighted by Gasteiger charge is -2.34. The van der Waals surface area contributed by atoms with Crippen molar-refractivity contribution in [3.63, 3.8) is 0 Å². The van der Waals surface area contributed by atoms with Gasteiger partial charge in [0.25, 0.3) is 0 Å². The maximum absolute atomic E-state index is 12.6. The lowest BCUT2D eigenvalue weighted by atomic mass is 10.00. The van der Waals surface area contributed by atoms with Crippen LogP contribution in [-0.2, 0) is 4.79 Å². The highest BCUT2D eigenvalue weighted by atomic mass is 16.3. The van der Waals surface area contributed by atoms with Crippen LogP contribution in [0.5, 0.6) is 0 Å². The smallest absolute Gasteiger partial charge is 0.246 e. The molecule has 1 amide bonds. The number of amides is 1. The number of carbonyl (C=O) groups is 1. The van der Waals surface area contributed by atoms with Crippen molar-refractivity contribution in [2.45, 2.75) is 50.8 Å². The number of likely N-dealkylation sites (N-methyl/N-ethyl adjacent to an activating group) is 1. The van der Waals surface area contributed by atoms with E-state index in [9.17, 15) is 9.90 Å². The number of benzene rings is 1. The fourth-order valence-corrected chi connectivity index (χ4v) is 3.78. The molecule has 0 saturated heterocycles. The number of aliphatic hydroxyl groups excluding tert-OH is 1. The maximum atomic E-state index is 12.6. The van der Waals surface area contributed by atoms with E-state index in [1.165, 1.54) is 0 Å². The lowest BCUT2D eigenvalue weighted by molar-refractivity contribution is -0.129. The molecule has 1 aromatic carbocycles. The number of nitrogens with zero attached hydrogens (tertiary/aromatic N) is 3. The first kappa shape index (κ1) is 18.4. The second kappa shape index (κ2) is 8.32. The summed E-state index contributed by atoms with van der Waals surface area (Å²) < 4.78 is 2.04. The lowest BCUT2D eigenvalue weighted by Crippen LogP contribution is -2.46. The van der Waals surface area contributed by atoms with E-state index < -0.39 is 6.10 Å². The van der Waals surface area contributed by atoms with Crippen molar-refractivity contribution in [2.24, 2.45) is 0 Å². The molecular weight excluding hydrogens is 326 g/mol. The van der Waals surface area contributed by atoms with Crippen LogP contribution in [-0.4, -0.2) is 44.7 Å². The van der Waals surface area contributed by atoms with Crippen molar-refractivity contribution in [3.05, 3.63) is 60.2 Å². The zero-order valence-corrected chi connectivity index (χ0v) is 15.5. The topological polar surface area (TPSA) is 58.4 Å². The summed E-state index contributed by atoms with van der Waals surface area (Å²) in [6.07, 6.45) is 10.2. The number of aryl methyl sites for hydroxylation is 1. The van der Waals surface area contributed by atoms with E-state index in [-0.39, 0.29) is 18.0 Å². The molecule has 1 N–H and O–H groups in total. The molecule has 5 nitrogen and oxygen atoms in total. The number of hydrogen-bond acceptors (Lipinski definition) is 3. The third kappa shape index (κ3) is 4.05. The second-order valence-corrected chi connectivity index (χ2v) is 6.98. The third-order valence-electron chi connectivity index (χ3n) is 5.32. The van der Waals surface area contributed by atoms with Gasteiger partial charge >= 0.3 is 0 Å². The van der Waals surface area contributed by atoms with Crippen LogP contribution < -0.4 is 0 Å². The van der Waals surface area contributed by atoms with Gasteiger partial charge in [0, 0.05) is 25.5 Å². The molecule has 0 spiro atoms. The monoisotopic (exact) mass is 353 g/mol. The second-order valence-electron chi connectivity index (χ2n) is 6.98. The average molecular weight is 353 g/mol. The van der Waals surface area contributed by atoms with Crippen LogP contribution in [0.2, 0.25) is 0 Å². The van der Waals surface area contributed by atoms with Crippen LogP contribution in [0.25, 0.3) is 6.08 Å². The van der Waals surface area contributed by atoms with Gasteiger partial charge in [0.1, 0.15) is 5.82 Å². The summed E-state index contributed by atoms with van der Waals surface area (Å²) in [7, 11) is 1.79. The van der Waals surface area contributed by atoms with Crippen molar-refractivity contribution in [1.29, 1.82) is 0 Å². The Labute approximate surface area is 155 Å². The molecular formula is C21H27N3O2. The van der Waals surface area contributed by atoms with E-state index >= 15 is 0 Å². The first-order valence-electron chi connectivity index (χ1n) is 9.25. The Morgan fingerprint density at radius 2 is 2.00 bits per heavy atom. The number of rotatable bonds is 4. The first-order chi connectivity index (χ1) is 12.6. The van der Waals surface area contributed by atoms with Gasteiger partial charge in [-0.2, -0.15) is 0 Å². The summed E-state index contributed by atoms with van der Waals surface area (Å²) in [6.45, 7) is 1.95. The van der Waals surface area contributed by atoms with Gasteiger partial charge in [-0.05, 0) is 31.4 Å². The van der Waals surface area contributed by atoms with Crippen LogP contribution in [0.15, 0.2) is 48.8 Å². The van der Waals surface area contributed by atoms with Gasteiger partial charge in [0.05, 0.1) is 18.2 Å². The predicted molar refractivity (Wildman–Crippen MR) is 103 cm³/mol. The summed E-state index contributed by atoms with van der Waals surface area (Å²) >= 11 is 0. The predicted octanol–water partition coefficient (Wildman–Crippen LogP) is 3.21. The summed E-state index contributed by atoms with van der Waals surface area (Å²) in [6, 6.07) is 9.52. The van der Waals surface area contributed by atoms with Crippen molar-refractivity contribution < 1.29 is 9.90 Å². The summed E-state index contributed by atoms with van der Waals surface area (Å²) in [5.41, 5.74) is 0.989. The SMILES string of the molecule is Cc1nccn1[C@@H]1CCCC[C@@H](N(C)C(=O)/C=C/c2ccccc2)[C@H]1O. The fraction of sp³-hybridized carbons (Fsp3) is 0.429. The molecule has 1 aromatic heterocycles. The van der Waals surface area contributed by atoms with Gasteiger partial charge in [0.15, 0.2) is 0 Å². The van der Waals surface area contributed by atoms with Crippen LogP contribution in [0.3, 0.4) is 0 Å². The molecule has 0 bridgehead atoms. The molecule has 1 aliphatic rings. The summed E-state index contributed by atoms with van der Waals surface area (Å²) in [5.74, 6) is 0.813. The number of aliphatic hydroxyl groups is 1. The van der Waals surface area contributed by atoms with Gasteiger partial charge in [-0.3, -0.25) is 4.79 Å². The molecule has 5 heteroatoms. The normalized spacial score (nSPS) is 23.7. The zero-order chi connectivity index (χ0) is 18.5. The van der Waals surface area contributed by atoms with Crippen LogP contribution in [0.4, 0.5) is 0 Å². The van der Waals surface area contributed by atoms with E-state index in [1.807, 2.05) is 54.1 Å². The molecule has 138 valence electrons. The van der Waals surface area contributed by atoms with Crippen molar-refractivity contribution >= 4 is 12.0 Å². The molecule has 0 unspecified atom stereocenters. The molecule has 0 radical (unpaired) electrons. The molecule has 3 atom stereocenters. The third-order valence-corrected chi connectivity index (χ3v) is 5.32. The molecule has 1 fully saturated rings. The number of imidazole rings is 1. The largest absolute Gasteiger partial charge is 0.389 e. The Morgan fingerprint density at radius 3 is 2.69 bits per heavy atom.